The summed E-state index contributed by atoms with van der Waals surface area (Å²) >= 11 is 0. The van der Waals surface area contributed by atoms with Crippen LogP contribution < -0.4 is 5.32 Å². The molecule has 2 atom stereocenters. The first-order valence-corrected chi connectivity index (χ1v) is 11.2. The first kappa shape index (κ1) is 23.7. The summed E-state index contributed by atoms with van der Waals surface area (Å²) < 4.78 is 16.0. The Bertz CT molecular complexity index is 1010. The number of ether oxygens (including phenoxy) is 3. The molecule has 180 valence electrons. The van der Waals surface area contributed by atoms with Gasteiger partial charge < -0.3 is 29.5 Å². The number of aliphatic carboxylic acids is 1. The number of nitrogens with one attached hydrogen (secondary N) is 1. The van der Waals surface area contributed by atoms with Gasteiger partial charge >= 0.3 is 12.1 Å². The molecule has 0 spiro atoms. The van der Waals surface area contributed by atoms with E-state index in [1.165, 1.54) is 12.0 Å². The minimum atomic E-state index is -1.03. The number of amides is 2. The smallest absolute Gasteiger partial charge is 0.407 e. The Hall–Kier alpha value is -3.43. The zero-order chi connectivity index (χ0) is 24.1. The molecule has 2 aromatic carbocycles. The Morgan fingerprint density at radius 1 is 1.12 bits per heavy atom. The van der Waals surface area contributed by atoms with Crippen molar-refractivity contribution in [2.75, 3.05) is 46.6 Å². The third-order valence-corrected chi connectivity index (χ3v) is 6.19. The fraction of sp³-hybridized carbons (Fsp3) is 0.400. The van der Waals surface area contributed by atoms with E-state index in [0.717, 1.165) is 22.3 Å². The van der Waals surface area contributed by atoms with Crippen LogP contribution in [0.25, 0.3) is 11.1 Å². The largest absolute Gasteiger partial charge is 0.481 e. The van der Waals surface area contributed by atoms with Crippen molar-refractivity contribution in [3.63, 3.8) is 0 Å². The van der Waals surface area contributed by atoms with Gasteiger partial charge in [0.2, 0.25) is 5.91 Å². The van der Waals surface area contributed by atoms with Crippen LogP contribution >= 0.6 is 0 Å². The molecule has 0 aromatic heterocycles. The number of rotatable bonds is 7. The highest BCUT2D eigenvalue weighted by Crippen LogP contribution is 2.44. The molecule has 1 aliphatic heterocycles. The average molecular weight is 469 g/mol. The molecule has 2 aliphatic rings. The highest BCUT2D eigenvalue weighted by molar-refractivity contribution is 5.86. The van der Waals surface area contributed by atoms with E-state index in [1.807, 2.05) is 36.4 Å². The quantitative estimate of drug-likeness (QED) is 0.640. The zero-order valence-corrected chi connectivity index (χ0v) is 18.9. The van der Waals surface area contributed by atoms with E-state index in [9.17, 15) is 19.5 Å². The van der Waals surface area contributed by atoms with Gasteiger partial charge in [0.05, 0.1) is 25.7 Å². The highest BCUT2D eigenvalue weighted by atomic mass is 16.5. The van der Waals surface area contributed by atoms with Gasteiger partial charge in [-0.3, -0.25) is 9.59 Å². The minimum absolute atomic E-state index is 0.000745. The molecule has 4 rings (SSSR count). The summed E-state index contributed by atoms with van der Waals surface area (Å²) in [6.07, 6.45) is -0.738. The molecule has 9 heteroatoms. The number of carbonyl (C=O) groups excluding carboxylic acids is 2. The van der Waals surface area contributed by atoms with Crippen molar-refractivity contribution in [1.29, 1.82) is 0 Å². The van der Waals surface area contributed by atoms with Gasteiger partial charge in [0.15, 0.2) is 0 Å². The van der Waals surface area contributed by atoms with E-state index in [1.54, 1.807) is 0 Å². The summed E-state index contributed by atoms with van der Waals surface area (Å²) in [4.78, 5) is 38.5. The van der Waals surface area contributed by atoms with Gasteiger partial charge in [-0.25, -0.2) is 4.79 Å². The molecule has 0 saturated carbocycles. The lowest BCUT2D eigenvalue weighted by molar-refractivity contribution is -0.144. The molecule has 2 N–H and O–H groups in total. The fourth-order valence-electron chi connectivity index (χ4n) is 4.50. The van der Waals surface area contributed by atoms with Crippen molar-refractivity contribution >= 4 is 18.0 Å². The van der Waals surface area contributed by atoms with Crippen LogP contribution in [-0.4, -0.2) is 80.6 Å². The van der Waals surface area contributed by atoms with E-state index >= 15 is 0 Å². The molecule has 0 bridgehead atoms. The van der Waals surface area contributed by atoms with Crippen molar-refractivity contribution in [2.45, 2.75) is 12.0 Å². The number of hydrogen-bond acceptors (Lipinski definition) is 6. The molecule has 2 aromatic rings. The number of nitrogens with zero attached hydrogens (tertiary/aromatic N) is 1. The standard InChI is InChI=1S/C25H28N2O7/c1-32-15-22(23(28)27-10-11-33-13-16(12-27)24(29)30)26-25(31)34-14-21-19-8-4-2-6-17(19)18-7-3-5-9-20(18)21/h2-9,16,21-22H,10-15H2,1H3,(H,26,31)(H,29,30). The first-order valence-electron chi connectivity index (χ1n) is 11.2. The predicted molar refractivity (Wildman–Crippen MR) is 122 cm³/mol. The lowest BCUT2D eigenvalue weighted by atomic mass is 9.98. The number of alkyl carbamates (subject to hydrolysis) is 1. The third kappa shape index (κ3) is 5.05. The van der Waals surface area contributed by atoms with E-state index in [-0.39, 0.29) is 45.4 Å². The zero-order valence-electron chi connectivity index (χ0n) is 18.9. The number of fused-ring (bicyclic) bond motifs is 3. The molecule has 1 saturated heterocycles. The number of methoxy groups -OCH3 is 1. The van der Waals surface area contributed by atoms with Gasteiger partial charge in [-0.1, -0.05) is 48.5 Å². The maximum atomic E-state index is 13.1. The van der Waals surface area contributed by atoms with E-state index in [2.05, 4.69) is 17.4 Å². The van der Waals surface area contributed by atoms with Crippen molar-refractivity contribution < 1.29 is 33.7 Å². The lowest BCUT2D eigenvalue weighted by Crippen LogP contribution is -2.52. The lowest BCUT2D eigenvalue weighted by Gasteiger charge is -2.27. The average Bonchev–Trinajstić information content (AvgIpc) is 2.97. The minimum Gasteiger partial charge on any atom is -0.481 e. The topological polar surface area (TPSA) is 114 Å². The summed E-state index contributed by atoms with van der Waals surface area (Å²) in [5.41, 5.74) is 4.42. The van der Waals surface area contributed by atoms with E-state index in [0.29, 0.717) is 0 Å². The Morgan fingerprint density at radius 2 is 1.76 bits per heavy atom. The summed E-state index contributed by atoms with van der Waals surface area (Å²) in [6, 6.07) is 15.0. The van der Waals surface area contributed by atoms with Gasteiger partial charge in [0.1, 0.15) is 12.6 Å². The molecule has 1 fully saturated rings. The second kappa shape index (κ2) is 10.7. The second-order valence-corrected chi connectivity index (χ2v) is 8.37. The van der Waals surface area contributed by atoms with E-state index in [4.69, 9.17) is 14.2 Å². The maximum Gasteiger partial charge on any atom is 0.407 e. The van der Waals surface area contributed by atoms with Crippen LogP contribution in [0, 0.1) is 5.92 Å². The summed E-state index contributed by atoms with van der Waals surface area (Å²) in [5, 5.41) is 11.9. The molecule has 1 aliphatic carbocycles. The predicted octanol–water partition coefficient (Wildman–Crippen LogP) is 2.10. The van der Waals surface area contributed by atoms with Crippen molar-refractivity contribution in [3.05, 3.63) is 59.7 Å². The number of benzene rings is 2. The molecule has 9 nitrogen and oxygen atoms in total. The molecule has 1 heterocycles. The Balaban J connectivity index is 1.41. The second-order valence-electron chi connectivity index (χ2n) is 8.37. The van der Waals surface area contributed by atoms with Gasteiger partial charge in [0.25, 0.3) is 0 Å². The Morgan fingerprint density at radius 3 is 2.38 bits per heavy atom. The van der Waals surface area contributed by atoms with Crippen LogP contribution in [0.4, 0.5) is 4.79 Å². The van der Waals surface area contributed by atoms with Crippen LogP contribution in [0.3, 0.4) is 0 Å². The van der Waals surface area contributed by atoms with Crippen molar-refractivity contribution in [2.24, 2.45) is 5.92 Å². The highest BCUT2D eigenvalue weighted by Gasteiger charge is 2.33. The number of carbonyl (C=O) groups is 3. The monoisotopic (exact) mass is 468 g/mol. The van der Waals surface area contributed by atoms with Gasteiger partial charge in [-0.2, -0.15) is 0 Å². The van der Waals surface area contributed by atoms with Crippen molar-refractivity contribution in [3.8, 4) is 11.1 Å². The normalized spacial score (nSPS) is 18.4. The van der Waals surface area contributed by atoms with Crippen LogP contribution in [0.15, 0.2) is 48.5 Å². The van der Waals surface area contributed by atoms with Crippen LogP contribution in [0.5, 0.6) is 0 Å². The van der Waals surface area contributed by atoms with Crippen LogP contribution in [-0.2, 0) is 23.8 Å². The molecular formula is C25H28N2O7. The number of carboxylic acids is 1. The fourth-order valence-corrected chi connectivity index (χ4v) is 4.50. The number of hydrogen-bond donors (Lipinski definition) is 2. The third-order valence-electron chi connectivity index (χ3n) is 6.19. The first-order chi connectivity index (χ1) is 16.5. The van der Waals surface area contributed by atoms with Gasteiger partial charge in [-0.05, 0) is 22.3 Å². The van der Waals surface area contributed by atoms with E-state index < -0.39 is 29.9 Å². The number of carboxylic acid groups (broad SMARTS) is 1. The van der Waals surface area contributed by atoms with Crippen molar-refractivity contribution in [1.82, 2.24) is 10.2 Å². The molecule has 2 amide bonds. The Kier molecular flexibility index (Phi) is 7.44. The molecular weight excluding hydrogens is 440 g/mol. The molecule has 34 heavy (non-hydrogen) atoms. The molecule has 0 radical (unpaired) electrons. The summed E-state index contributed by atoms with van der Waals surface area (Å²) in [5.74, 6) is -2.41. The molecule has 2 unspecified atom stereocenters. The van der Waals surface area contributed by atoms with Gasteiger partial charge in [0, 0.05) is 26.1 Å². The Labute approximate surface area is 197 Å². The SMILES string of the molecule is COCC(NC(=O)OCC1c2ccccc2-c2ccccc21)C(=O)N1CCOCC(C(=O)O)C1. The van der Waals surface area contributed by atoms with Crippen LogP contribution in [0.1, 0.15) is 17.0 Å². The van der Waals surface area contributed by atoms with Crippen LogP contribution in [0.2, 0.25) is 0 Å². The van der Waals surface area contributed by atoms with Gasteiger partial charge in [-0.15, -0.1) is 0 Å². The maximum absolute atomic E-state index is 13.1. The summed E-state index contributed by atoms with van der Waals surface area (Å²) in [7, 11) is 1.42. The summed E-state index contributed by atoms with van der Waals surface area (Å²) in [6.45, 7) is 0.536.